The van der Waals surface area contributed by atoms with Gasteiger partial charge in [0.1, 0.15) is 4.90 Å². The number of aromatic hydroxyl groups is 1. The van der Waals surface area contributed by atoms with Crippen molar-refractivity contribution in [3.05, 3.63) is 28.8 Å². The number of nitrogens with zero attached hydrogens (tertiary/aromatic N) is 1. The average Bonchev–Trinajstić information content (AvgIpc) is 3.28. The predicted molar refractivity (Wildman–Crippen MR) is 114 cm³/mol. The zero-order chi connectivity index (χ0) is 21.3. The number of hydrogen-bond acceptors (Lipinski definition) is 5. The molecule has 3 N–H and O–H groups in total. The van der Waals surface area contributed by atoms with Gasteiger partial charge in [0.05, 0.1) is 22.0 Å². The Hall–Kier alpha value is -1.77. The van der Waals surface area contributed by atoms with Crippen LogP contribution in [-0.4, -0.2) is 55.9 Å². The van der Waals surface area contributed by atoms with Crippen LogP contribution in [-0.2, 0) is 9.84 Å². The van der Waals surface area contributed by atoms with E-state index >= 15 is 0 Å². The van der Waals surface area contributed by atoms with Crippen LogP contribution in [0.4, 0.5) is 10.5 Å². The standard InChI is InChI=1S/C20H28ClN3O4S/c1-12-5-4-6-16(12)22-20(26)23-17-10-9-15(21)19(18(17)25)29(27,28)14-8-7-13(11-14)24(2)3/h5,9-10,13-14,16,25H,4,6-8,11H2,1-3H3,(H2,22,23,26)/t13-,14+,16-/m1/s1. The van der Waals surface area contributed by atoms with E-state index in [-0.39, 0.29) is 27.7 Å². The van der Waals surface area contributed by atoms with E-state index in [0.29, 0.717) is 12.8 Å². The summed E-state index contributed by atoms with van der Waals surface area (Å²) in [5.74, 6) is -0.514. The average molecular weight is 442 g/mol. The molecular weight excluding hydrogens is 414 g/mol. The Morgan fingerprint density at radius 2 is 1.97 bits per heavy atom. The summed E-state index contributed by atoms with van der Waals surface area (Å²) in [7, 11) is 0.00488. The molecule has 1 saturated carbocycles. The van der Waals surface area contributed by atoms with Gasteiger partial charge in [-0.15, -0.1) is 0 Å². The molecule has 3 atom stereocenters. The van der Waals surface area contributed by atoms with Gasteiger partial charge in [-0.25, -0.2) is 13.2 Å². The Labute approximate surface area is 177 Å². The van der Waals surface area contributed by atoms with Crippen LogP contribution in [0.3, 0.4) is 0 Å². The Morgan fingerprint density at radius 3 is 2.55 bits per heavy atom. The molecule has 3 rings (SSSR count). The highest BCUT2D eigenvalue weighted by Gasteiger charge is 2.39. The minimum absolute atomic E-state index is 0.0206. The number of amides is 2. The summed E-state index contributed by atoms with van der Waals surface area (Å²) in [6, 6.07) is 2.41. The summed E-state index contributed by atoms with van der Waals surface area (Å²) in [4.78, 5) is 14.0. The first-order valence-electron chi connectivity index (χ1n) is 9.77. The lowest BCUT2D eigenvalue weighted by Gasteiger charge is -2.20. The second kappa shape index (κ2) is 8.53. The fourth-order valence-electron chi connectivity index (χ4n) is 4.10. The number of carbonyl (C=O) groups excluding carboxylic acids is 1. The fraction of sp³-hybridized carbons (Fsp3) is 0.550. The summed E-state index contributed by atoms with van der Waals surface area (Å²) < 4.78 is 26.4. The molecule has 29 heavy (non-hydrogen) atoms. The first-order chi connectivity index (χ1) is 13.6. The lowest BCUT2D eigenvalue weighted by Crippen LogP contribution is -2.37. The zero-order valence-corrected chi connectivity index (χ0v) is 18.5. The van der Waals surface area contributed by atoms with Crippen LogP contribution in [0.5, 0.6) is 5.75 Å². The van der Waals surface area contributed by atoms with Crippen LogP contribution in [0.25, 0.3) is 0 Å². The Bertz CT molecular complexity index is 930. The van der Waals surface area contributed by atoms with Gasteiger partial charge in [0.25, 0.3) is 0 Å². The quantitative estimate of drug-likeness (QED) is 0.479. The maximum atomic E-state index is 13.2. The number of phenolic OH excluding ortho intramolecular Hbond substituents is 1. The number of carbonyl (C=O) groups is 1. The largest absolute Gasteiger partial charge is 0.504 e. The summed E-state index contributed by atoms with van der Waals surface area (Å²) >= 11 is 6.17. The van der Waals surface area contributed by atoms with E-state index in [2.05, 4.69) is 16.7 Å². The molecule has 0 unspecified atom stereocenters. The van der Waals surface area contributed by atoms with E-state index in [9.17, 15) is 18.3 Å². The van der Waals surface area contributed by atoms with E-state index in [0.717, 1.165) is 24.8 Å². The van der Waals surface area contributed by atoms with E-state index in [1.165, 1.54) is 12.1 Å². The zero-order valence-electron chi connectivity index (χ0n) is 16.9. The first-order valence-corrected chi connectivity index (χ1v) is 11.7. The number of halogens is 1. The van der Waals surface area contributed by atoms with E-state index < -0.39 is 26.9 Å². The molecule has 2 amide bonds. The number of allylic oxidation sites excluding steroid dienone is 1. The van der Waals surface area contributed by atoms with Gasteiger partial charge >= 0.3 is 6.03 Å². The molecule has 160 valence electrons. The van der Waals surface area contributed by atoms with Crippen molar-refractivity contribution in [1.82, 2.24) is 10.2 Å². The molecule has 7 nitrogen and oxygen atoms in total. The summed E-state index contributed by atoms with van der Waals surface area (Å²) in [5, 5.41) is 15.4. The molecule has 1 aromatic rings. The minimum atomic E-state index is -3.85. The van der Waals surface area contributed by atoms with Crippen molar-refractivity contribution in [2.24, 2.45) is 0 Å². The number of benzene rings is 1. The van der Waals surface area contributed by atoms with Gasteiger partial charge in [0.15, 0.2) is 15.6 Å². The van der Waals surface area contributed by atoms with Crippen LogP contribution < -0.4 is 10.6 Å². The number of sulfone groups is 1. The molecule has 0 spiro atoms. The molecule has 1 fully saturated rings. The van der Waals surface area contributed by atoms with Crippen molar-refractivity contribution in [2.45, 2.75) is 61.3 Å². The van der Waals surface area contributed by atoms with E-state index in [1.54, 1.807) is 0 Å². The van der Waals surface area contributed by atoms with Crippen molar-refractivity contribution < 1.29 is 18.3 Å². The number of phenols is 1. The molecule has 0 bridgehead atoms. The number of urea groups is 1. The van der Waals surface area contributed by atoms with Gasteiger partial charge in [-0.05, 0) is 65.3 Å². The van der Waals surface area contributed by atoms with Crippen LogP contribution in [0, 0.1) is 0 Å². The molecule has 2 aliphatic rings. The Balaban J connectivity index is 1.81. The van der Waals surface area contributed by atoms with Crippen molar-refractivity contribution in [3.63, 3.8) is 0 Å². The van der Waals surface area contributed by atoms with Gasteiger partial charge in [-0.2, -0.15) is 0 Å². The molecule has 0 radical (unpaired) electrons. The third kappa shape index (κ3) is 4.54. The summed E-state index contributed by atoms with van der Waals surface area (Å²) in [6.45, 7) is 1.95. The van der Waals surface area contributed by atoms with Crippen molar-refractivity contribution in [1.29, 1.82) is 0 Å². The Morgan fingerprint density at radius 1 is 1.24 bits per heavy atom. The van der Waals surface area contributed by atoms with Crippen molar-refractivity contribution >= 4 is 33.2 Å². The third-order valence-electron chi connectivity index (χ3n) is 5.92. The Kier molecular flexibility index (Phi) is 6.45. The molecule has 0 aromatic heterocycles. The number of anilines is 1. The molecular formula is C20H28ClN3O4S. The highest BCUT2D eigenvalue weighted by molar-refractivity contribution is 7.92. The van der Waals surface area contributed by atoms with Gasteiger partial charge in [0, 0.05) is 6.04 Å². The van der Waals surface area contributed by atoms with E-state index in [1.807, 2.05) is 25.9 Å². The maximum absolute atomic E-state index is 13.2. The molecule has 9 heteroatoms. The highest BCUT2D eigenvalue weighted by atomic mass is 35.5. The highest BCUT2D eigenvalue weighted by Crippen LogP contribution is 2.42. The second-order valence-electron chi connectivity index (χ2n) is 8.05. The minimum Gasteiger partial charge on any atom is -0.504 e. The van der Waals surface area contributed by atoms with Crippen LogP contribution in [0.1, 0.15) is 39.0 Å². The molecule has 1 aromatic carbocycles. The van der Waals surface area contributed by atoms with Gasteiger partial charge in [-0.3, -0.25) is 0 Å². The van der Waals surface area contributed by atoms with Gasteiger partial charge in [0.2, 0.25) is 0 Å². The molecule has 2 aliphatic carbocycles. The first kappa shape index (κ1) is 21.9. The van der Waals surface area contributed by atoms with Crippen LogP contribution >= 0.6 is 11.6 Å². The lowest BCUT2D eigenvalue weighted by molar-refractivity contribution is 0.249. The van der Waals surface area contributed by atoms with Gasteiger partial charge < -0.3 is 20.6 Å². The van der Waals surface area contributed by atoms with Crippen LogP contribution in [0.2, 0.25) is 5.02 Å². The van der Waals surface area contributed by atoms with Crippen LogP contribution in [0.15, 0.2) is 28.7 Å². The maximum Gasteiger partial charge on any atom is 0.319 e. The normalized spacial score (nSPS) is 24.6. The molecule has 0 heterocycles. The second-order valence-corrected chi connectivity index (χ2v) is 10.6. The lowest BCUT2D eigenvalue weighted by atomic mass is 10.2. The summed E-state index contributed by atoms with van der Waals surface area (Å²) in [5.41, 5.74) is 1.10. The van der Waals surface area contributed by atoms with Crippen molar-refractivity contribution in [3.8, 4) is 5.75 Å². The third-order valence-corrected chi connectivity index (χ3v) is 8.63. The molecule has 0 saturated heterocycles. The monoisotopic (exact) mass is 441 g/mol. The number of rotatable bonds is 5. The van der Waals surface area contributed by atoms with E-state index in [4.69, 9.17) is 11.6 Å². The fourth-order valence-corrected chi connectivity index (χ4v) is 6.55. The number of nitrogens with one attached hydrogen (secondary N) is 2. The smallest absolute Gasteiger partial charge is 0.319 e. The van der Waals surface area contributed by atoms with Gasteiger partial charge in [-0.1, -0.05) is 23.3 Å². The van der Waals surface area contributed by atoms with Crippen molar-refractivity contribution in [2.75, 3.05) is 19.4 Å². The molecule has 0 aliphatic heterocycles. The SMILES string of the molecule is CC1=CCC[C@H]1NC(=O)Nc1ccc(Cl)c(S(=O)(=O)[C@H]2CC[C@@H](N(C)C)C2)c1O. The predicted octanol–water partition coefficient (Wildman–Crippen LogP) is 3.53. The number of hydrogen-bond donors (Lipinski definition) is 3. The topological polar surface area (TPSA) is 98.7 Å². The summed E-state index contributed by atoms with van der Waals surface area (Å²) in [6.07, 6.45) is 5.55.